The van der Waals surface area contributed by atoms with Gasteiger partial charge in [-0.15, -0.1) is 11.3 Å². The third kappa shape index (κ3) is 4.33. The third-order valence-electron chi connectivity index (χ3n) is 2.84. The van der Waals surface area contributed by atoms with Gasteiger partial charge in [0.15, 0.2) is 0 Å². The molecule has 0 saturated heterocycles. The van der Waals surface area contributed by atoms with Crippen molar-refractivity contribution in [3.8, 4) is 0 Å². The Labute approximate surface area is 128 Å². The SMILES string of the molecule is CNC(=O)c1c(NCCCN(C)C)sc(C(=O)OC)c1N. The van der Waals surface area contributed by atoms with Crippen molar-refractivity contribution in [3.05, 3.63) is 10.4 Å². The Morgan fingerprint density at radius 3 is 2.57 bits per heavy atom. The molecular formula is C13H22N4O3S. The highest BCUT2D eigenvalue weighted by Gasteiger charge is 2.25. The first-order valence-corrected chi connectivity index (χ1v) is 7.35. The van der Waals surface area contributed by atoms with Gasteiger partial charge in [-0.3, -0.25) is 4.79 Å². The number of amides is 1. The minimum atomic E-state index is -0.538. The molecule has 118 valence electrons. The number of hydrogen-bond donors (Lipinski definition) is 3. The molecule has 0 spiro atoms. The third-order valence-corrected chi connectivity index (χ3v) is 3.98. The van der Waals surface area contributed by atoms with Gasteiger partial charge in [0.05, 0.1) is 18.4 Å². The van der Waals surface area contributed by atoms with Crippen molar-refractivity contribution < 1.29 is 14.3 Å². The van der Waals surface area contributed by atoms with Crippen molar-refractivity contribution in [2.24, 2.45) is 0 Å². The summed E-state index contributed by atoms with van der Waals surface area (Å²) >= 11 is 1.14. The standard InChI is InChI=1S/C13H22N4O3S/c1-15-11(18)8-9(14)10(13(19)20-4)21-12(8)16-6-5-7-17(2)3/h16H,5-7,14H2,1-4H3,(H,15,18). The summed E-state index contributed by atoms with van der Waals surface area (Å²) in [6, 6.07) is 0. The number of rotatable bonds is 7. The minimum Gasteiger partial charge on any atom is -0.465 e. The average molecular weight is 314 g/mol. The minimum absolute atomic E-state index is 0.154. The van der Waals surface area contributed by atoms with E-state index in [4.69, 9.17) is 5.73 Å². The fourth-order valence-electron chi connectivity index (χ4n) is 1.76. The van der Waals surface area contributed by atoms with Crippen molar-refractivity contribution in [1.29, 1.82) is 0 Å². The first-order chi connectivity index (χ1) is 9.92. The van der Waals surface area contributed by atoms with Crippen LogP contribution in [0, 0.1) is 0 Å². The molecule has 0 fully saturated rings. The Bertz CT molecular complexity index is 514. The molecule has 0 bridgehead atoms. The van der Waals surface area contributed by atoms with Crippen LogP contribution in [0.2, 0.25) is 0 Å². The molecule has 1 aromatic heterocycles. The van der Waals surface area contributed by atoms with Crippen molar-refractivity contribution in [3.63, 3.8) is 0 Å². The van der Waals surface area contributed by atoms with E-state index in [0.717, 1.165) is 24.3 Å². The number of esters is 1. The second-order valence-corrected chi connectivity index (χ2v) is 5.72. The van der Waals surface area contributed by atoms with Crippen LogP contribution in [0.5, 0.6) is 0 Å². The quantitative estimate of drug-likeness (QED) is 0.510. The molecule has 1 rings (SSSR count). The first kappa shape index (κ1) is 17.3. The van der Waals surface area contributed by atoms with E-state index in [9.17, 15) is 9.59 Å². The van der Waals surface area contributed by atoms with E-state index in [2.05, 4.69) is 20.3 Å². The normalized spacial score (nSPS) is 10.5. The fourth-order valence-corrected chi connectivity index (χ4v) is 2.82. The summed E-state index contributed by atoms with van der Waals surface area (Å²) in [5.41, 5.74) is 6.36. The van der Waals surface area contributed by atoms with Gasteiger partial charge in [-0.05, 0) is 27.1 Å². The molecule has 0 aliphatic carbocycles. The molecule has 0 aliphatic heterocycles. The number of carbonyl (C=O) groups excluding carboxylic acids is 2. The maximum atomic E-state index is 11.9. The molecular weight excluding hydrogens is 292 g/mol. The van der Waals surface area contributed by atoms with Crippen LogP contribution < -0.4 is 16.4 Å². The molecule has 0 atom stereocenters. The number of ether oxygens (including phenoxy) is 1. The molecule has 1 heterocycles. The van der Waals surface area contributed by atoms with E-state index < -0.39 is 5.97 Å². The van der Waals surface area contributed by atoms with Gasteiger partial charge in [0.25, 0.3) is 5.91 Å². The molecule has 1 aromatic rings. The van der Waals surface area contributed by atoms with Crippen LogP contribution in [0.3, 0.4) is 0 Å². The fraction of sp³-hybridized carbons (Fsp3) is 0.538. The van der Waals surface area contributed by atoms with Gasteiger partial charge in [-0.1, -0.05) is 0 Å². The van der Waals surface area contributed by atoms with Crippen LogP contribution in [-0.4, -0.2) is 58.1 Å². The van der Waals surface area contributed by atoms with Crippen LogP contribution in [0.4, 0.5) is 10.7 Å². The number of hydrogen-bond acceptors (Lipinski definition) is 7. The molecule has 0 aromatic carbocycles. The summed E-state index contributed by atoms with van der Waals surface area (Å²) in [4.78, 5) is 25.9. The molecule has 0 saturated carbocycles. The lowest BCUT2D eigenvalue weighted by molar-refractivity contribution is 0.0607. The van der Waals surface area contributed by atoms with Crippen LogP contribution in [0.25, 0.3) is 0 Å². The summed E-state index contributed by atoms with van der Waals surface area (Å²) in [5, 5.41) is 6.28. The zero-order chi connectivity index (χ0) is 16.0. The average Bonchev–Trinajstić information content (AvgIpc) is 2.78. The van der Waals surface area contributed by atoms with Gasteiger partial charge in [0, 0.05) is 13.6 Å². The van der Waals surface area contributed by atoms with E-state index in [-0.39, 0.29) is 16.5 Å². The number of nitrogens with zero attached hydrogens (tertiary/aromatic N) is 1. The molecule has 8 heteroatoms. The van der Waals surface area contributed by atoms with E-state index in [1.165, 1.54) is 14.2 Å². The van der Waals surface area contributed by atoms with E-state index in [1.54, 1.807) is 0 Å². The molecule has 7 nitrogen and oxygen atoms in total. The Balaban J connectivity index is 2.95. The summed E-state index contributed by atoms with van der Waals surface area (Å²) in [7, 11) is 6.79. The number of anilines is 2. The van der Waals surface area contributed by atoms with Crippen molar-refractivity contribution in [2.75, 3.05) is 52.4 Å². The molecule has 0 radical (unpaired) electrons. The zero-order valence-electron chi connectivity index (χ0n) is 12.8. The van der Waals surface area contributed by atoms with Gasteiger partial charge < -0.3 is 26.0 Å². The maximum absolute atomic E-state index is 11.9. The van der Waals surface area contributed by atoms with Gasteiger partial charge >= 0.3 is 5.97 Å². The van der Waals surface area contributed by atoms with Crippen LogP contribution in [0.1, 0.15) is 26.5 Å². The molecule has 4 N–H and O–H groups in total. The van der Waals surface area contributed by atoms with E-state index in [1.807, 2.05) is 14.1 Å². The highest BCUT2D eigenvalue weighted by Crippen LogP contribution is 2.36. The van der Waals surface area contributed by atoms with Gasteiger partial charge in [-0.25, -0.2) is 4.79 Å². The molecule has 0 unspecified atom stereocenters. The largest absolute Gasteiger partial charge is 0.465 e. The summed E-state index contributed by atoms with van der Waals surface area (Å²) in [6.07, 6.45) is 0.908. The lowest BCUT2D eigenvalue weighted by Crippen LogP contribution is -2.21. The zero-order valence-corrected chi connectivity index (χ0v) is 13.6. The number of methoxy groups -OCH3 is 1. The van der Waals surface area contributed by atoms with Crippen molar-refractivity contribution in [1.82, 2.24) is 10.2 Å². The summed E-state index contributed by atoms with van der Waals surface area (Å²) in [5.74, 6) is -0.863. The molecule has 0 aliphatic rings. The van der Waals surface area contributed by atoms with Crippen LogP contribution in [-0.2, 0) is 4.74 Å². The van der Waals surface area contributed by atoms with Crippen LogP contribution >= 0.6 is 11.3 Å². The number of carbonyl (C=O) groups is 2. The highest BCUT2D eigenvalue weighted by atomic mass is 32.1. The lowest BCUT2D eigenvalue weighted by Gasteiger charge is -2.10. The summed E-state index contributed by atoms with van der Waals surface area (Å²) in [6.45, 7) is 1.61. The Kier molecular flexibility index (Phi) is 6.44. The summed E-state index contributed by atoms with van der Waals surface area (Å²) < 4.78 is 4.68. The molecule has 21 heavy (non-hydrogen) atoms. The predicted octanol–water partition coefficient (Wildman–Crippen LogP) is 0.840. The number of thiophene rings is 1. The second kappa shape index (κ2) is 7.84. The van der Waals surface area contributed by atoms with Crippen LogP contribution in [0.15, 0.2) is 0 Å². The van der Waals surface area contributed by atoms with Crippen molar-refractivity contribution in [2.45, 2.75) is 6.42 Å². The number of nitrogens with two attached hydrogens (primary N) is 1. The first-order valence-electron chi connectivity index (χ1n) is 6.53. The number of nitrogen functional groups attached to an aromatic ring is 1. The highest BCUT2D eigenvalue weighted by molar-refractivity contribution is 7.19. The smallest absolute Gasteiger partial charge is 0.350 e. The Morgan fingerprint density at radius 2 is 2.05 bits per heavy atom. The second-order valence-electron chi connectivity index (χ2n) is 4.70. The van der Waals surface area contributed by atoms with Gasteiger partial charge in [-0.2, -0.15) is 0 Å². The molecule has 1 amide bonds. The maximum Gasteiger partial charge on any atom is 0.350 e. The number of nitrogens with one attached hydrogen (secondary N) is 2. The van der Waals surface area contributed by atoms with E-state index in [0.29, 0.717) is 17.1 Å². The monoisotopic (exact) mass is 314 g/mol. The van der Waals surface area contributed by atoms with Gasteiger partial charge in [0.1, 0.15) is 9.88 Å². The Morgan fingerprint density at radius 1 is 1.38 bits per heavy atom. The van der Waals surface area contributed by atoms with Gasteiger partial charge in [0.2, 0.25) is 0 Å². The van der Waals surface area contributed by atoms with Crippen molar-refractivity contribution >= 4 is 33.9 Å². The van der Waals surface area contributed by atoms with E-state index >= 15 is 0 Å². The topological polar surface area (TPSA) is 96.7 Å². The predicted molar refractivity (Wildman–Crippen MR) is 85.1 cm³/mol. The Hall–Kier alpha value is -1.80. The lowest BCUT2D eigenvalue weighted by atomic mass is 10.2.